The molecule has 4 nitrogen and oxygen atoms in total. The van der Waals surface area contributed by atoms with Gasteiger partial charge in [0.25, 0.3) is 0 Å². The lowest BCUT2D eigenvalue weighted by Gasteiger charge is -2.11. The van der Waals surface area contributed by atoms with Crippen molar-refractivity contribution in [2.24, 2.45) is 0 Å². The summed E-state index contributed by atoms with van der Waals surface area (Å²) >= 11 is 6.60. The molecular weight excluding hydrogens is 376 g/mol. The summed E-state index contributed by atoms with van der Waals surface area (Å²) in [4.78, 5) is 15.3. The van der Waals surface area contributed by atoms with Crippen LogP contribution in [-0.2, 0) is 0 Å². The second-order valence-corrected chi connectivity index (χ2v) is 5.77. The maximum Gasteiger partial charge on any atom is 0.339 e. The third-order valence-corrected chi connectivity index (χ3v) is 3.45. The topological polar surface area (TPSA) is 62.2 Å². The normalized spacial score (nSPS) is 10.3. The van der Waals surface area contributed by atoms with E-state index in [2.05, 4.69) is 42.2 Å². The Kier molecular flexibility index (Phi) is 4.21. The van der Waals surface area contributed by atoms with Crippen LogP contribution in [0.3, 0.4) is 0 Å². The van der Waals surface area contributed by atoms with Gasteiger partial charge < -0.3 is 10.4 Å². The molecule has 2 N–H and O–H groups in total. The summed E-state index contributed by atoms with van der Waals surface area (Å²) in [6, 6.07) is 7.22. The number of anilines is 2. The van der Waals surface area contributed by atoms with Crippen molar-refractivity contribution in [2.75, 3.05) is 5.32 Å². The Morgan fingerprint density at radius 1 is 1.26 bits per heavy atom. The second-order valence-electron chi connectivity index (χ2n) is 3.94. The third-order valence-electron chi connectivity index (χ3n) is 2.53. The van der Waals surface area contributed by atoms with Crippen LogP contribution in [0.2, 0.25) is 0 Å². The summed E-state index contributed by atoms with van der Waals surface area (Å²) in [7, 11) is 0. The standard InChI is InChI=1S/C13H10Br2N2O2/c1-7-4-8(14)2-3-11(7)17-12-10(13(18)19)5-9(15)6-16-12/h2-6H,1H3,(H,16,17)(H,18,19). The number of benzene rings is 1. The number of carboxylic acids is 1. The summed E-state index contributed by atoms with van der Waals surface area (Å²) in [5, 5.41) is 12.2. The van der Waals surface area contributed by atoms with Crippen LogP contribution in [0.5, 0.6) is 0 Å². The van der Waals surface area contributed by atoms with E-state index in [0.29, 0.717) is 10.3 Å². The van der Waals surface area contributed by atoms with Gasteiger partial charge in [-0.3, -0.25) is 0 Å². The van der Waals surface area contributed by atoms with Crippen LogP contribution in [0.4, 0.5) is 11.5 Å². The van der Waals surface area contributed by atoms with E-state index in [0.717, 1.165) is 15.7 Å². The number of aryl methyl sites for hydroxylation is 1. The quantitative estimate of drug-likeness (QED) is 0.824. The van der Waals surface area contributed by atoms with Crippen molar-refractivity contribution in [1.82, 2.24) is 4.98 Å². The van der Waals surface area contributed by atoms with Crippen molar-refractivity contribution in [3.05, 3.63) is 50.5 Å². The first-order chi connectivity index (χ1) is 8.97. The highest BCUT2D eigenvalue weighted by atomic mass is 79.9. The van der Waals surface area contributed by atoms with Crippen molar-refractivity contribution in [3.63, 3.8) is 0 Å². The maximum absolute atomic E-state index is 11.2. The number of carbonyl (C=O) groups is 1. The number of halogens is 2. The van der Waals surface area contributed by atoms with Gasteiger partial charge in [0.2, 0.25) is 0 Å². The molecule has 0 unspecified atom stereocenters. The Morgan fingerprint density at radius 2 is 2.00 bits per heavy atom. The Morgan fingerprint density at radius 3 is 2.63 bits per heavy atom. The molecule has 1 aromatic carbocycles. The van der Waals surface area contributed by atoms with Crippen LogP contribution in [0.15, 0.2) is 39.4 Å². The summed E-state index contributed by atoms with van der Waals surface area (Å²) in [6.45, 7) is 1.94. The minimum atomic E-state index is -1.02. The van der Waals surface area contributed by atoms with Gasteiger partial charge in [0.15, 0.2) is 0 Å². The number of aromatic carboxylic acids is 1. The maximum atomic E-state index is 11.2. The lowest BCUT2D eigenvalue weighted by molar-refractivity contribution is 0.0697. The van der Waals surface area contributed by atoms with Gasteiger partial charge in [0.05, 0.1) is 0 Å². The summed E-state index contributed by atoms with van der Waals surface area (Å²) < 4.78 is 1.60. The zero-order valence-corrected chi connectivity index (χ0v) is 13.1. The molecule has 0 saturated carbocycles. The third kappa shape index (κ3) is 3.33. The molecule has 19 heavy (non-hydrogen) atoms. The molecule has 0 aliphatic carbocycles. The molecule has 98 valence electrons. The zero-order chi connectivity index (χ0) is 14.0. The molecule has 1 heterocycles. The van der Waals surface area contributed by atoms with Gasteiger partial charge in [-0.25, -0.2) is 9.78 Å². The molecule has 0 atom stereocenters. The van der Waals surface area contributed by atoms with E-state index in [1.54, 1.807) is 6.20 Å². The van der Waals surface area contributed by atoms with Gasteiger partial charge >= 0.3 is 5.97 Å². The van der Waals surface area contributed by atoms with Gasteiger partial charge in [-0.2, -0.15) is 0 Å². The highest BCUT2D eigenvalue weighted by Gasteiger charge is 2.13. The van der Waals surface area contributed by atoms with E-state index in [1.165, 1.54) is 6.07 Å². The Balaban J connectivity index is 2.40. The number of hydrogen-bond acceptors (Lipinski definition) is 3. The number of hydrogen-bond donors (Lipinski definition) is 2. The first kappa shape index (κ1) is 14.0. The SMILES string of the molecule is Cc1cc(Br)ccc1Nc1ncc(Br)cc1C(=O)O. The van der Waals surface area contributed by atoms with Crippen LogP contribution in [-0.4, -0.2) is 16.1 Å². The van der Waals surface area contributed by atoms with Crippen molar-refractivity contribution >= 4 is 49.3 Å². The molecule has 2 rings (SSSR count). The molecule has 0 aliphatic rings. The lowest BCUT2D eigenvalue weighted by atomic mass is 10.2. The van der Waals surface area contributed by atoms with Gasteiger partial charge in [-0.1, -0.05) is 15.9 Å². The van der Waals surface area contributed by atoms with E-state index >= 15 is 0 Å². The Hall–Kier alpha value is -1.40. The first-order valence-electron chi connectivity index (χ1n) is 5.39. The summed E-state index contributed by atoms with van der Waals surface area (Å²) in [5.74, 6) is -0.702. The fourth-order valence-electron chi connectivity index (χ4n) is 1.60. The van der Waals surface area contributed by atoms with Crippen LogP contribution in [0.25, 0.3) is 0 Å². The highest BCUT2D eigenvalue weighted by Crippen LogP contribution is 2.26. The van der Waals surface area contributed by atoms with E-state index in [1.807, 2.05) is 25.1 Å². The van der Waals surface area contributed by atoms with Gasteiger partial charge in [0.1, 0.15) is 11.4 Å². The number of pyridine rings is 1. The molecule has 0 radical (unpaired) electrons. The number of aromatic nitrogens is 1. The molecule has 1 aromatic heterocycles. The van der Waals surface area contributed by atoms with Crippen molar-refractivity contribution in [3.8, 4) is 0 Å². The van der Waals surface area contributed by atoms with Crippen LogP contribution >= 0.6 is 31.9 Å². The monoisotopic (exact) mass is 384 g/mol. The van der Waals surface area contributed by atoms with Crippen LogP contribution in [0.1, 0.15) is 15.9 Å². The highest BCUT2D eigenvalue weighted by molar-refractivity contribution is 9.10. The molecule has 0 saturated heterocycles. The lowest BCUT2D eigenvalue weighted by Crippen LogP contribution is -2.05. The number of nitrogens with one attached hydrogen (secondary N) is 1. The first-order valence-corrected chi connectivity index (χ1v) is 6.98. The minimum absolute atomic E-state index is 0.122. The molecule has 0 bridgehead atoms. The Labute approximate surface area is 127 Å². The van der Waals surface area contributed by atoms with Crippen molar-refractivity contribution in [1.29, 1.82) is 0 Å². The predicted octanol–water partition coefficient (Wildman–Crippen LogP) is 4.36. The fourth-order valence-corrected chi connectivity index (χ4v) is 2.40. The summed E-state index contributed by atoms with van der Waals surface area (Å²) in [5.41, 5.74) is 1.94. The van der Waals surface area contributed by atoms with Crippen molar-refractivity contribution in [2.45, 2.75) is 6.92 Å². The number of carboxylic acid groups (broad SMARTS) is 1. The van der Waals surface area contributed by atoms with Crippen molar-refractivity contribution < 1.29 is 9.90 Å². The van der Waals surface area contributed by atoms with Gasteiger partial charge in [-0.15, -0.1) is 0 Å². The smallest absolute Gasteiger partial charge is 0.339 e. The summed E-state index contributed by atoms with van der Waals surface area (Å²) in [6.07, 6.45) is 1.56. The Bertz CT molecular complexity index is 645. The fraction of sp³-hybridized carbons (Fsp3) is 0.0769. The average Bonchev–Trinajstić information content (AvgIpc) is 2.34. The van der Waals surface area contributed by atoms with Gasteiger partial charge in [-0.05, 0) is 52.7 Å². The number of nitrogens with zero attached hydrogens (tertiary/aromatic N) is 1. The van der Waals surface area contributed by atoms with Gasteiger partial charge in [0, 0.05) is 20.8 Å². The van der Waals surface area contributed by atoms with E-state index < -0.39 is 5.97 Å². The molecular formula is C13H10Br2N2O2. The molecule has 0 amide bonds. The van der Waals surface area contributed by atoms with E-state index in [9.17, 15) is 9.90 Å². The largest absolute Gasteiger partial charge is 0.478 e. The van der Waals surface area contributed by atoms with E-state index in [-0.39, 0.29) is 5.56 Å². The van der Waals surface area contributed by atoms with E-state index in [4.69, 9.17) is 0 Å². The molecule has 0 aliphatic heterocycles. The number of rotatable bonds is 3. The average molecular weight is 386 g/mol. The zero-order valence-electron chi connectivity index (χ0n) is 9.95. The van der Waals surface area contributed by atoms with Crippen LogP contribution in [0, 0.1) is 6.92 Å². The van der Waals surface area contributed by atoms with Crippen LogP contribution < -0.4 is 5.32 Å². The molecule has 6 heteroatoms. The minimum Gasteiger partial charge on any atom is -0.478 e. The second kappa shape index (κ2) is 5.71. The predicted molar refractivity (Wildman–Crippen MR) is 81.1 cm³/mol. The molecule has 0 fully saturated rings. The molecule has 2 aromatic rings. The molecule has 0 spiro atoms.